The first-order chi connectivity index (χ1) is 12.3. The monoisotopic (exact) mass is 375 g/mol. The van der Waals surface area contributed by atoms with Crippen molar-refractivity contribution in [1.82, 2.24) is 4.98 Å². The molecule has 1 aliphatic heterocycles. The fourth-order valence-corrected chi connectivity index (χ4v) is 4.78. The molecule has 7 nitrogen and oxygen atoms in total. The summed E-state index contributed by atoms with van der Waals surface area (Å²) in [6.45, 7) is 3.88. The Balaban J connectivity index is 1.88. The third kappa shape index (κ3) is 3.65. The molecule has 0 spiro atoms. The van der Waals surface area contributed by atoms with Crippen LogP contribution in [-0.4, -0.2) is 31.6 Å². The molecule has 0 atom stereocenters. The lowest BCUT2D eigenvalue weighted by Gasteiger charge is -2.28. The third-order valence-electron chi connectivity index (χ3n) is 4.33. The maximum absolute atomic E-state index is 12.5. The zero-order valence-corrected chi connectivity index (χ0v) is 15.5. The Kier molecular flexibility index (Phi) is 4.86. The number of anilines is 2. The lowest BCUT2D eigenvalue weighted by molar-refractivity contribution is 0.102. The molecule has 138 valence electrons. The highest BCUT2D eigenvalue weighted by Crippen LogP contribution is 2.26. The van der Waals surface area contributed by atoms with Gasteiger partial charge in [0.05, 0.1) is 11.4 Å². The highest BCUT2D eigenvalue weighted by atomic mass is 32.2. The van der Waals surface area contributed by atoms with Crippen molar-refractivity contribution in [3.05, 3.63) is 57.5 Å². The van der Waals surface area contributed by atoms with Crippen LogP contribution in [0.3, 0.4) is 0 Å². The molecule has 0 unspecified atom stereocenters. The van der Waals surface area contributed by atoms with E-state index in [0.29, 0.717) is 35.6 Å². The van der Waals surface area contributed by atoms with E-state index in [0.717, 1.165) is 6.42 Å². The average Bonchev–Trinajstić information content (AvgIpc) is 2.53. The van der Waals surface area contributed by atoms with Crippen LogP contribution in [0.1, 0.15) is 34.5 Å². The molecule has 1 fully saturated rings. The van der Waals surface area contributed by atoms with Gasteiger partial charge in [0.1, 0.15) is 5.56 Å². The van der Waals surface area contributed by atoms with Crippen LogP contribution >= 0.6 is 0 Å². The van der Waals surface area contributed by atoms with Gasteiger partial charge in [-0.05, 0) is 56.5 Å². The normalized spacial score (nSPS) is 16.3. The quantitative estimate of drug-likeness (QED) is 0.859. The SMILES string of the molecule is Cc1cc(C)c(C(=O)Nc2cccc(N3CCCCS3(=O)=O)c2)c(=O)[nH]1. The van der Waals surface area contributed by atoms with Gasteiger partial charge in [-0.1, -0.05) is 6.07 Å². The maximum Gasteiger partial charge on any atom is 0.261 e. The van der Waals surface area contributed by atoms with Gasteiger partial charge >= 0.3 is 0 Å². The van der Waals surface area contributed by atoms with Crippen molar-refractivity contribution < 1.29 is 13.2 Å². The molecule has 0 bridgehead atoms. The van der Waals surface area contributed by atoms with Crippen LogP contribution in [0.2, 0.25) is 0 Å². The summed E-state index contributed by atoms with van der Waals surface area (Å²) in [4.78, 5) is 27.2. The second kappa shape index (κ2) is 6.95. The van der Waals surface area contributed by atoms with E-state index in [1.165, 1.54) is 4.31 Å². The van der Waals surface area contributed by atoms with Gasteiger partial charge in [0, 0.05) is 17.9 Å². The molecule has 1 amide bonds. The molecule has 2 heterocycles. The van der Waals surface area contributed by atoms with Gasteiger partial charge < -0.3 is 10.3 Å². The van der Waals surface area contributed by atoms with Crippen molar-refractivity contribution in [2.45, 2.75) is 26.7 Å². The number of nitrogens with one attached hydrogen (secondary N) is 2. The first kappa shape index (κ1) is 18.2. The van der Waals surface area contributed by atoms with Crippen molar-refractivity contribution in [1.29, 1.82) is 0 Å². The highest BCUT2D eigenvalue weighted by molar-refractivity contribution is 7.92. The smallest absolute Gasteiger partial charge is 0.261 e. The molecule has 1 aromatic heterocycles. The lowest BCUT2D eigenvalue weighted by Crippen LogP contribution is -2.37. The second-order valence-electron chi connectivity index (χ2n) is 6.44. The number of carbonyl (C=O) groups excluding carboxylic acids is 1. The van der Waals surface area contributed by atoms with Gasteiger partial charge in [0.15, 0.2) is 0 Å². The summed E-state index contributed by atoms with van der Waals surface area (Å²) in [6, 6.07) is 8.38. The number of hydrogen-bond acceptors (Lipinski definition) is 4. The topological polar surface area (TPSA) is 99.3 Å². The molecule has 1 aromatic carbocycles. The molecule has 0 radical (unpaired) electrons. The van der Waals surface area contributed by atoms with Crippen molar-refractivity contribution in [3.63, 3.8) is 0 Å². The molecule has 8 heteroatoms. The predicted molar refractivity (Wildman–Crippen MR) is 101 cm³/mol. The maximum atomic E-state index is 12.5. The predicted octanol–water partition coefficient (Wildman–Crippen LogP) is 2.17. The Hall–Kier alpha value is -2.61. The molecule has 1 saturated heterocycles. The van der Waals surface area contributed by atoms with E-state index in [2.05, 4.69) is 10.3 Å². The van der Waals surface area contributed by atoms with Crippen LogP contribution in [0, 0.1) is 13.8 Å². The second-order valence-corrected chi connectivity index (χ2v) is 8.45. The summed E-state index contributed by atoms with van der Waals surface area (Å²) >= 11 is 0. The van der Waals surface area contributed by atoms with Crippen molar-refractivity contribution >= 4 is 27.3 Å². The summed E-state index contributed by atoms with van der Waals surface area (Å²) in [5.74, 6) is -0.399. The van der Waals surface area contributed by atoms with Crippen LogP contribution in [0.25, 0.3) is 0 Å². The minimum atomic E-state index is -3.33. The minimum Gasteiger partial charge on any atom is -0.326 e. The number of H-pyrrole nitrogens is 1. The Bertz CT molecular complexity index is 1010. The Morgan fingerprint density at radius 2 is 1.96 bits per heavy atom. The number of amides is 1. The van der Waals surface area contributed by atoms with Crippen molar-refractivity contribution in [2.24, 2.45) is 0 Å². The van der Waals surface area contributed by atoms with Crippen molar-refractivity contribution in [2.75, 3.05) is 21.9 Å². The van der Waals surface area contributed by atoms with E-state index in [1.54, 1.807) is 44.2 Å². The van der Waals surface area contributed by atoms with E-state index < -0.39 is 21.5 Å². The molecule has 2 N–H and O–H groups in total. The van der Waals surface area contributed by atoms with Crippen LogP contribution in [0.5, 0.6) is 0 Å². The molecule has 26 heavy (non-hydrogen) atoms. The van der Waals surface area contributed by atoms with E-state index in [1.807, 2.05) is 0 Å². The van der Waals surface area contributed by atoms with E-state index in [-0.39, 0.29) is 11.3 Å². The Labute approximate surface area is 152 Å². The summed E-state index contributed by atoms with van der Waals surface area (Å²) < 4.78 is 25.9. The summed E-state index contributed by atoms with van der Waals surface area (Å²) in [5.41, 5.74) is 1.81. The van der Waals surface area contributed by atoms with Gasteiger partial charge in [-0.15, -0.1) is 0 Å². The van der Waals surface area contributed by atoms with Crippen molar-refractivity contribution in [3.8, 4) is 0 Å². The molecule has 1 aliphatic rings. The zero-order chi connectivity index (χ0) is 18.9. The summed E-state index contributed by atoms with van der Waals surface area (Å²) in [6.07, 6.45) is 1.46. The van der Waals surface area contributed by atoms with E-state index >= 15 is 0 Å². The molecule has 0 saturated carbocycles. The largest absolute Gasteiger partial charge is 0.326 e. The molecule has 0 aliphatic carbocycles. The summed E-state index contributed by atoms with van der Waals surface area (Å²) in [5, 5.41) is 2.69. The fraction of sp³-hybridized carbons (Fsp3) is 0.333. The van der Waals surface area contributed by atoms with Crippen LogP contribution < -0.4 is 15.2 Å². The van der Waals surface area contributed by atoms with Gasteiger partial charge in [-0.25, -0.2) is 8.42 Å². The molecular formula is C18H21N3O4S. The van der Waals surface area contributed by atoms with Gasteiger partial charge in [-0.3, -0.25) is 13.9 Å². The number of nitrogens with zero attached hydrogens (tertiary/aromatic N) is 1. The number of rotatable bonds is 3. The number of aromatic nitrogens is 1. The number of sulfonamides is 1. The van der Waals surface area contributed by atoms with Crippen LogP contribution in [0.15, 0.2) is 35.1 Å². The van der Waals surface area contributed by atoms with E-state index in [9.17, 15) is 18.0 Å². The Morgan fingerprint density at radius 1 is 1.19 bits per heavy atom. The van der Waals surface area contributed by atoms with Crippen LogP contribution in [0.4, 0.5) is 11.4 Å². The van der Waals surface area contributed by atoms with Gasteiger partial charge in [0.2, 0.25) is 10.0 Å². The number of aryl methyl sites for hydroxylation is 2. The first-order valence-electron chi connectivity index (χ1n) is 8.40. The fourth-order valence-electron chi connectivity index (χ4n) is 3.15. The molecule has 3 rings (SSSR count). The van der Waals surface area contributed by atoms with Gasteiger partial charge in [0.25, 0.3) is 11.5 Å². The summed E-state index contributed by atoms with van der Waals surface area (Å²) in [7, 11) is -3.33. The number of carbonyl (C=O) groups is 1. The van der Waals surface area contributed by atoms with Gasteiger partial charge in [-0.2, -0.15) is 0 Å². The minimum absolute atomic E-state index is 0.0478. The number of benzene rings is 1. The first-order valence-corrected chi connectivity index (χ1v) is 10.0. The van der Waals surface area contributed by atoms with Crippen LogP contribution in [-0.2, 0) is 10.0 Å². The zero-order valence-electron chi connectivity index (χ0n) is 14.7. The lowest BCUT2D eigenvalue weighted by atomic mass is 10.1. The number of hydrogen-bond donors (Lipinski definition) is 2. The third-order valence-corrected chi connectivity index (χ3v) is 6.20. The Morgan fingerprint density at radius 3 is 2.65 bits per heavy atom. The highest BCUT2D eigenvalue weighted by Gasteiger charge is 2.26. The number of pyridine rings is 1. The average molecular weight is 375 g/mol. The molecule has 2 aromatic rings. The molecular weight excluding hydrogens is 354 g/mol. The standard InChI is InChI=1S/C18H21N3O4S/c1-12-10-13(2)19-17(22)16(12)18(23)20-14-6-5-7-15(11-14)21-8-3-4-9-26(21,24)25/h5-7,10-11H,3-4,8-9H2,1-2H3,(H,19,22)(H,20,23). The van der Waals surface area contributed by atoms with E-state index in [4.69, 9.17) is 0 Å². The number of aromatic amines is 1.